The lowest BCUT2D eigenvalue weighted by Gasteiger charge is -2.34. The summed E-state index contributed by atoms with van der Waals surface area (Å²) in [5.74, 6) is 0.537. The van der Waals surface area contributed by atoms with Crippen LogP contribution in [0.15, 0.2) is 12.2 Å². The Labute approximate surface area is 103 Å². The first kappa shape index (κ1) is 13.0. The number of piperazine rings is 1. The average molecular weight is 259 g/mol. The molecule has 1 aliphatic heterocycles. The summed E-state index contributed by atoms with van der Waals surface area (Å²) in [7, 11) is -3.01. The Hall–Kier alpha value is -0.430. The Bertz CT molecular complexity index is 386. The number of hydrogen-bond donors (Lipinski definition) is 1. The summed E-state index contributed by atoms with van der Waals surface area (Å²) < 4.78 is 24.3. The Morgan fingerprint density at radius 2 is 1.88 bits per heavy atom. The van der Waals surface area contributed by atoms with Crippen LogP contribution in [0.25, 0.3) is 0 Å². The standard InChI is InChI=1S/C11H21N3O2S/c1-17(15,16)14-6-4-13(5-7-14)9-10-2-3-11(12)8-10/h2-3,10-11H,4-9,12H2,1H3. The molecule has 2 rings (SSSR count). The predicted molar refractivity (Wildman–Crippen MR) is 68.1 cm³/mol. The first-order chi connectivity index (χ1) is 7.95. The molecule has 6 heteroatoms. The second kappa shape index (κ2) is 5.06. The van der Waals surface area contributed by atoms with Gasteiger partial charge in [-0.15, -0.1) is 0 Å². The van der Waals surface area contributed by atoms with Gasteiger partial charge in [-0.1, -0.05) is 12.2 Å². The topological polar surface area (TPSA) is 66.6 Å². The van der Waals surface area contributed by atoms with Gasteiger partial charge in [-0.2, -0.15) is 4.31 Å². The molecule has 2 atom stereocenters. The minimum Gasteiger partial charge on any atom is -0.324 e. The van der Waals surface area contributed by atoms with Gasteiger partial charge in [-0.3, -0.25) is 0 Å². The van der Waals surface area contributed by atoms with Gasteiger partial charge >= 0.3 is 0 Å². The summed E-state index contributed by atoms with van der Waals surface area (Å²) in [4.78, 5) is 2.33. The molecule has 1 aliphatic carbocycles. The third kappa shape index (κ3) is 3.51. The van der Waals surface area contributed by atoms with Crippen molar-refractivity contribution in [2.24, 2.45) is 11.7 Å². The molecule has 2 N–H and O–H groups in total. The summed E-state index contributed by atoms with van der Waals surface area (Å²) in [6.45, 7) is 3.88. The van der Waals surface area contributed by atoms with Crippen molar-refractivity contribution in [1.82, 2.24) is 9.21 Å². The van der Waals surface area contributed by atoms with Crippen LogP contribution in [0, 0.1) is 5.92 Å². The smallest absolute Gasteiger partial charge is 0.211 e. The van der Waals surface area contributed by atoms with Crippen LogP contribution in [-0.4, -0.2) is 62.6 Å². The lowest BCUT2D eigenvalue weighted by Crippen LogP contribution is -2.49. The third-order valence-corrected chi connectivity index (χ3v) is 4.80. The van der Waals surface area contributed by atoms with E-state index in [1.54, 1.807) is 4.31 Å². The van der Waals surface area contributed by atoms with E-state index in [-0.39, 0.29) is 6.04 Å². The highest BCUT2D eigenvalue weighted by Crippen LogP contribution is 2.18. The summed E-state index contributed by atoms with van der Waals surface area (Å²) >= 11 is 0. The molecule has 1 heterocycles. The van der Waals surface area contributed by atoms with Gasteiger partial charge < -0.3 is 10.6 Å². The van der Waals surface area contributed by atoms with E-state index in [0.29, 0.717) is 19.0 Å². The zero-order chi connectivity index (χ0) is 12.5. The summed E-state index contributed by atoms with van der Waals surface area (Å²) in [5.41, 5.74) is 5.82. The maximum absolute atomic E-state index is 11.4. The van der Waals surface area contributed by atoms with Crippen LogP contribution in [0.1, 0.15) is 6.42 Å². The molecule has 0 spiro atoms. The molecule has 0 aromatic rings. The van der Waals surface area contributed by atoms with Crippen LogP contribution in [0.3, 0.4) is 0 Å². The summed E-state index contributed by atoms with van der Waals surface area (Å²) in [6.07, 6.45) is 6.55. The second-order valence-electron chi connectivity index (χ2n) is 5.01. The Kier molecular flexibility index (Phi) is 3.87. The molecule has 0 aromatic carbocycles. The van der Waals surface area contributed by atoms with E-state index in [1.165, 1.54) is 6.26 Å². The predicted octanol–water partition coefficient (Wildman–Crippen LogP) is -0.533. The molecule has 1 saturated heterocycles. The molecular formula is C11H21N3O2S. The third-order valence-electron chi connectivity index (χ3n) is 3.50. The van der Waals surface area contributed by atoms with E-state index in [4.69, 9.17) is 5.73 Å². The van der Waals surface area contributed by atoms with Crippen LogP contribution in [-0.2, 0) is 10.0 Å². The lowest BCUT2D eigenvalue weighted by atomic mass is 10.1. The first-order valence-electron chi connectivity index (χ1n) is 6.06. The average Bonchev–Trinajstić information content (AvgIpc) is 2.63. The molecular weight excluding hydrogens is 238 g/mol. The molecule has 0 bridgehead atoms. The highest BCUT2D eigenvalue weighted by molar-refractivity contribution is 7.88. The minimum absolute atomic E-state index is 0.206. The van der Waals surface area contributed by atoms with Crippen molar-refractivity contribution >= 4 is 10.0 Å². The van der Waals surface area contributed by atoms with Gasteiger partial charge in [0.1, 0.15) is 0 Å². The van der Waals surface area contributed by atoms with Gasteiger partial charge in [0.15, 0.2) is 0 Å². The normalized spacial score (nSPS) is 32.1. The van der Waals surface area contributed by atoms with E-state index in [9.17, 15) is 8.42 Å². The van der Waals surface area contributed by atoms with Gasteiger partial charge in [0.2, 0.25) is 10.0 Å². The molecule has 0 saturated carbocycles. The van der Waals surface area contributed by atoms with E-state index in [1.807, 2.05) is 0 Å². The van der Waals surface area contributed by atoms with Gasteiger partial charge in [-0.05, 0) is 12.3 Å². The van der Waals surface area contributed by atoms with Crippen LogP contribution in [0.2, 0.25) is 0 Å². The molecule has 0 amide bonds. The number of nitrogens with two attached hydrogens (primary N) is 1. The van der Waals surface area contributed by atoms with Crippen LogP contribution < -0.4 is 5.73 Å². The van der Waals surface area contributed by atoms with Crippen LogP contribution in [0.4, 0.5) is 0 Å². The maximum Gasteiger partial charge on any atom is 0.211 e. The summed E-state index contributed by atoms with van der Waals surface area (Å²) in [6, 6.07) is 0.206. The van der Waals surface area contributed by atoms with Crippen molar-refractivity contribution in [2.75, 3.05) is 39.0 Å². The van der Waals surface area contributed by atoms with Gasteiger partial charge in [0, 0.05) is 38.8 Å². The quantitative estimate of drug-likeness (QED) is 0.692. The fourth-order valence-electron chi connectivity index (χ4n) is 2.52. The molecule has 1 fully saturated rings. The van der Waals surface area contributed by atoms with Gasteiger partial charge in [0.05, 0.1) is 6.26 Å². The SMILES string of the molecule is CS(=O)(=O)N1CCN(CC2C=CC(N)C2)CC1. The van der Waals surface area contributed by atoms with Crippen LogP contribution in [0.5, 0.6) is 0 Å². The highest BCUT2D eigenvalue weighted by atomic mass is 32.2. The molecule has 2 unspecified atom stereocenters. The zero-order valence-corrected chi connectivity index (χ0v) is 11.1. The highest BCUT2D eigenvalue weighted by Gasteiger charge is 2.25. The monoisotopic (exact) mass is 259 g/mol. The summed E-state index contributed by atoms with van der Waals surface area (Å²) in [5, 5.41) is 0. The zero-order valence-electron chi connectivity index (χ0n) is 10.2. The fourth-order valence-corrected chi connectivity index (χ4v) is 3.34. The van der Waals surface area contributed by atoms with Crippen molar-refractivity contribution in [3.63, 3.8) is 0 Å². The van der Waals surface area contributed by atoms with E-state index in [0.717, 1.165) is 26.1 Å². The molecule has 98 valence electrons. The second-order valence-corrected chi connectivity index (χ2v) is 6.99. The largest absolute Gasteiger partial charge is 0.324 e. The molecule has 0 aromatic heterocycles. The fraction of sp³-hybridized carbons (Fsp3) is 0.818. The van der Waals surface area contributed by atoms with E-state index in [2.05, 4.69) is 17.1 Å². The number of nitrogens with zero attached hydrogens (tertiary/aromatic N) is 2. The lowest BCUT2D eigenvalue weighted by molar-refractivity contribution is 0.173. The Morgan fingerprint density at radius 1 is 1.24 bits per heavy atom. The number of hydrogen-bond acceptors (Lipinski definition) is 4. The molecule has 17 heavy (non-hydrogen) atoms. The van der Waals surface area contributed by atoms with Crippen LogP contribution >= 0.6 is 0 Å². The van der Waals surface area contributed by atoms with Crippen molar-refractivity contribution < 1.29 is 8.42 Å². The minimum atomic E-state index is -3.01. The van der Waals surface area contributed by atoms with Crippen molar-refractivity contribution in [3.05, 3.63) is 12.2 Å². The van der Waals surface area contributed by atoms with Crippen molar-refractivity contribution in [2.45, 2.75) is 12.5 Å². The molecule has 5 nitrogen and oxygen atoms in total. The van der Waals surface area contributed by atoms with Crippen molar-refractivity contribution in [3.8, 4) is 0 Å². The Balaban J connectivity index is 1.78. The molecule has 2 aliphatic rings. The number of sulfonamides is 1. The van der Waals surface area contributed by atoms with E-state index < -0.39 is 10.0 Å². The van der Waals surface area contributed by atoms with Crippen molar-refractivity contribution in [1.29, 1.82) is 0 Å². The maximum atomic E-state index is 11.4. The first-order valence-corrected chi connectivity index (χ1v) is 7.91. The van der Waals surface area contributed by atoms with E-state index >= 15 is 0 Å². The molecule has 0 radical (unpaired) electrons. The van der Waals surface area contributed by atoms with Gasteiger partial charge in [0.25, 0.3) is 0 Å². The Morgan fingerprint density at radius 3 is 2.35 bits per heavy atom. The number of rotatable bonds is 3. The van der Waals surface area contributed by atoms with Gasteiger partial charge in [-0.25, -0.2) is 8.42 Å².